The van der Waals surface area contributed by atoms with E-state index in [1.807, 2.05) is 6.08 Å². The van der Waals surface area contributed by atoms with Crippen LogP contribution in [0.15, 0.2) is 43.1 Å². The monoisotopic (exact) mass is 270 g/mol. The number of para-hydroxylation sites is 1. The molecule has 0 fully saturated rings. The van der Waals surface area contributed by atoms with Crippen LogP contribution in [0.5, 0.6) is 0 Å². The third-order valence-electron chi connectivity index (χ3n) is 3.74. The van der Waals surface area contributed by atoms with Crippen molar-refractivity contribution in [1.29, 1.82) is 0 Å². The van der Waals surface area contributed by atoms with Crippen molar-refractivity contribution in [2.45, 2.75) is 45.7 Å². The van der Waals surface area contributed by atoms with Gasteiger partial charge in [-0.05, 0) is 42.8 Å². The molecule has 0 aliphatic rings. The Morgan fingerprint density at radius 1 is 1.20 bits per heavy atom. The van der Waals surface area contributed by atoms with Crippen LogP contribution >= 0.6 is 0 Å². The second-order valence-corrected chi connectivity index (χ2v) is 5.28. The van der Waals surface area contributed by atoms with Gasteiger partial charge in [0, 0.05) is 19.3 Å². The Balaban J connectivity index is 2.06. The number of rotatable bonds is 9. The highest BCUT2D eigenvalue weighted by Gasteiger charge is 2.05. The lowest BCUT2D eigenvalue weighted by Crippen LogP contribution is -2.12. The van der Waals surface area contributed by atoms with E-state index < -0.39 is 0 Å². The highest BCUT2D eigenvalue weighted by molar-refractivity contribution is 5.83. The lowest BCUT2D eigenvalue weighted by molar-refractivity contribution is 0.601. The number of hydrogen-bond donors (Lipinski definition) is 1. The number of aryl methyl sites for hydroxylation is 1. The summed E-state index contributed by atoms with van der Waals surface area (Å²) in [5, 5.41) is 4.79. The molecule has 2 rings (SSSR count). The number of aromatic nitrogens is 1. The average molecular weight is 270 g/mol. The Labute approximate surface area is 122 Å². The van der Waals surface area contributed by atoms with Crippen LogP contribution in [0.25, 0.3) is 10.9 Å². The summed E-state index contributed by atoms with van der Waals surface area (Å²) in [6.45, 7) is 9.01. The van der Waals surface area contributed by atoms with Gasteiger partial charge in [0.1, 0.15) is 0 Å². The molecule has 1 heterocycles. The first-order chi connectivity index (χ1) is 9.86. The molecule has 1 aromatic heterocycles. The van der Waals surface area contributed by atoms with E-state index in [0.717, 1.165) is 26.1 Å². The van der Waals surface area contributed by atoms with Crippen molar-refractivity contribution in [3.05, 3.63) is 48.7 Å². The minimum absolute atomic E-state index is 0.953. The summed E-state index contributed by atoms with van der Waals surface area (Å²) < 4.78 is 2.41. The molecule has 0 radical (unpaired) electrons. The fraction of sp³-hybridized carbons (Fsp3) is 0.444. The van der Waals surface area contributed by atoms with Crippen LogP contribution in [0.4, 0.5) is 0 Å². The minimum atomic E-state index is 0.953. The summed E-state index contributed by atoms with van der Waals surface area (Å²) in [7, 11) is 0. The highest BCUT2D eigenvalue weighted by Crippen LogP contribution is 2.21. The van der Waals surface area contributed by atoms with Crippen molar-refractivity contribution in [2.75, 3.05) is 6.54 Å². The van der Waals surface area contributed by atoms with Crippen molar-refractivity contribution in [2.24, 2.45) is 0 Å². The van der Waals surface area contributed by atoms with E-state index in [9.17, 15) is 0 Å². The maximum absolute atomic E-state index is 3.78. The number of allylic oxidation sites excluding steroid dienone is 1. The zero-order valence-electron chi connectivity index (χ0n) is 12.6. The van der Waals surface area contributed by atoms with Crippen molar-refractivity contribution in [1.82, 2.24) is 9.88 Å². The van der Waals surface area contributed by atoms with Gasteiger partial charge < -0.3 is 9.88 Å². The largest absolute Gasteiger partial charge is 0.347 e. The SMILES string of the molecule is C=CCCCCCn1ccc2cccc(CNCC)c21. The van der Waals surface area contributed by atoms with Crippen LogP contribution in [0.1, 0.15) is 38.2 Å². The van der Waals surface area contributed by atoms with Gasteiger partial charge in [0.25, 0.3) is 0 Å². The predicted octanol–water partition coefficient (Wildman–Crippen LogP) is 4.50. The summed E-state index contributed by atoms with van der Waals surface area (Å²) in [5.74, 6) is 0. The summed E-state index contributed by atoms with van der Waals surface area (Å²) in [6.07, 6.45) is 9.16. The molecule has 0 amide bonds. The number of benzene rings is 1. The van der Waals surface area contributed by atoms with E-state index in [0.29, 0.717) is 0 Å². The summed E-state index contributed by atoms with van der Waals surface area (Å²) in [5.41, 5.74) is 2.80. The molecular formula is C18H26N2. The average Bonchev–Trinajstić information content (AvgIpc) is 2.89. The van der Waals surface area contributed by atoms with Gasteiger partial charge in [-0.1, -0.05) is 37.6 Å². The fourth-order valence-corrected chi connectivity index (χ4v) is 2.68. The molecule has 2 heteroatoms. The zero-order chi connectivity index (χ0) is 14.2. The number of nitrogens with one attached hydrogen (secondary N) is 1. The molecule has 20 heavy (non-hydrogen) atoms. The lowest BCUT2D eigenvalue weighted by atomic mass is 10.1. The molecular weight excluding hydrogens is 244 g/mol. The maximum Gasteiger partial charge on any atom is 0.0525 e. The molecule has 0 spiro atoms. The molecule has 0 atom stereocenters. The van der Waals surface area contributed by atoms with Gasteiger partial charge in [0.2, 0.25) is 0 Å². The molecule has 2 nitrogen and oxygen atoms in total. The topological polar surface area (TPSA) is 17.0 Å². The molecule has 0 aliphatic heterocycles. The van der Waals surface area contributed by atoms with Crippen LogP contribution in [0.2, 0.25) is 0 Å². The zero-order valence-corrected chi connectivity index (χ0v) is 12.6. The van der Waals surface area contributed by atoms with Crippen LogP contribution < -0.4 is 5.32 Å². The molecule has 0 bridgehead atoms. The van der Waals surface area contributed by atoms with Gasteiger partial charge in [-0.15, -0.1) is 6.58 Å². The molecule has 0 aliphatic carbocycles. The van der Waals surface area contributed by atoms with Crippen LogP contribution in [-0.4, -0.2) is 11.1 Å². The Bertz CT molecular complexity index is 539. The highest BCUT2D eigenvalue weighted by atomic mass is 15.0. The van der Waals surface area contributed by atoms with Crippen molar-refractivity contribution < 1.29 is 0 Å². The molecule has 1 N–H and O–H groups in total. The van der Waals surface area contributed by atoms with E-state index in [1.165, 1.54) is 35.7 Å². The van der Waals surface area contributed by atoms with Gasteiger partial charge in [-0.3, -0.25) is 0 Å². The van der Waals surface area contributed by atoms with E-state index >= 15 is 0 Å². The lowest BCUT2D eigenvalue weighted by Gasteiger charge is -2.10. The fourth-order valence-electron chi connectivity index (χ4n) is 2.68. The molecule has 0 unspecified atom stereocenters. The van der Waals surface area contributed by atoms with Crippen LogP contribution in [0, 0.1) is 0 Å². The number of hydrogen-bond acceptors (Lipinski definition) is 1. The van der Waals surface area contributed by atoms with Gasteiger partial charge in [0.15, 0.2) is 0 Å². The van der Waals surface area contributed by atoms with Crippen molar-refractivity contribution in [3.63, 3.8) is 0 Å². The van der Waals surface area contributed by atoms with Crippen molar-refractivity contribution >= 4 is 10.9 Å². The molecule has 2 aromatic rings. The standard InChI is InChI=1S/C18H26N2/c1-3-5-6-7-8-13-20-14-12-16-10-9-11-17(18(16)20)15-19-4-2/h3,9-12,14,19H,1,4-8,13,15H2,2H3. The summed E-state index contributed by atoms with van der Waals surface area (Å²) in [6, 6.07) is 8.83. The molecule has 0 saturated carbocycles. The van der Waals surface area contributed by atoms with Gasteiger partial charge in [-0.2, -0.15) is 0 Å². The summed E-state index contributed by atoms with van der Waals surface area (Å²) in [4.78, 5) is 0. The number of unbranched alkanes of at least 4 members (excludes halogenated alkanes) is 3. The normalized spacial score (nSPS) is 11.1. The maximum atomic E-state index is 3.78. The van der Waals surface area contributed by atoms with E-state index in [-0.39, 0.29) is 0 Å². The smallest absolute Gasteiger partial charge is 0.0525 e. The Kier molecular flexibility index (Phi) is 5.87. The van der Waals surface area contributed by atoms with Gasteiger partial charge in [-0.25, -0.2) is 0 Å². The molecule has 108 valence electrons. The van der Waals surface area contributed by atoms with Crippen molar-refractivity contribution in [3.8, 4) is 0 Å². The second kappa shape index (κ2) is 7.91. The van der Waals surface area contributed by atoms with Gasteiger partial charge in [0.05, 0.1) is 5.52 Å². The van der Waals surface area contributed by atoms with Crippen LogP contribution in [-0.2, 0) is 13.1 Å². The van der Waals surface area contributed by atoms with Gasteiger partial charge >= 0.3 is 0 Å². The Hall–Kier alpha value is -1.54. The molecule has 1 aromatic carbocycles. The quantitative estimate of drug-likeness (QED) is 0.524. The number of nitrogens with zero attached hydrogens (tertiary/aromatic N) is 1. The molecule has 0 saturated heterocycles. The minimum Gasteiger partial charge on any atom is -0.347 e. The third-order valence-corrected chi connectivity index (χ3v) is 3.74. The second-order valence-electron chi connectivity index (χ2n) is 5.28. The first-order valence-electron chi connectivity index (χ1n) is 7.75. The van der Waals surface area contributed by atoms with E-state index in [1.54, 1.807) is 0 Å². The van der Waals surface area contributed by atoms with E-state index in [2.05, 4.69) is 53.8 Å². The third kappa shape index (κ3) is 3.73. The predicted molar refractivity (Wildman–Crippen MR) is 88.0 cm³/mol. The Morgan fingerprint density at radius 3 is 2.90 bits per heavy atom. The first-order valence-corrected chi connectivity index (χ1v) is 7.75. The number of fused-ring (bicyclic) bond motifs is 1. The Morgan fingerprint density at radius 2 is 2.10 bits per heavy atom. The van der Waals surface area contributed by atoms with E-state index in [4.69, 9.17) is 0 Å². The summed E-state index contributed by atoms with van der Waals surface area (Å²) >= 11 is 0. The van der Waals surface area contributed by atoms with Crippen LogP contribution in [0.3, 0.4) is 0 Å². The first kappa shape index (κ1) is 14.9.